The quantitative estimate of drug-likeness (QED) is 0.154. The van der Waals surface area contributed by atoms with E-state index in [0.717, 1.165) is 5.46 Å². The Morgan fingerprint density at radius 2 is 2.06 bits per heavy atom. The average Bonchev–Trinajstić information content (AvgIpc) is 3.16. The lowest BCUT2D eigenvalue weighted by atomic mass is 9.96. The standard InChI is InChI=1S/C21H24BClFN5O4/c1-29-11-25-20-16(29)10-13(21(31)28-33-8-4-2-3-5-17(30)27-32)19(18(20)24)26-15-7-6-12(22)9-14(15)23/h6-7,9-11,26,32H,2-5,8,22H2,1H3,(H,27,30)(H,28,31). The van der Waals surface area contributed by atoms with E-state index < -0.39 is 17.6 Å². The summed E-state index contributed by atoms with van der Waals surface area (Å²) in [5, 5.41) is 11.8. The second-order valence-corrected chi connectivity index (χ2v) is 7.98. The van der Waals surface area contributed by atoms with E-state index in [2.05, 4.69) is 15.8 Å². The number of carbonyl (C=O) groups excluding carboxylic acids is 2. The number of nitrogens with zero attached hydrogens (tertiary/aromatic N) is 2. The fourth-order valence-electron chi connectivity index (χ4n) is 3.25. The molecule has 1 aromatic heterocycles. The Morgan fingerprint density at radius 1 is 1.27 bits per heavy atom. The fourth-order valence-corrected chi connectivity index (χ4v) is 3.53. The molecule has 12 heteroatoms. The maximum atomic E-state index is 15.4. The van der Waals surface area contributed by atoms with Crippen molar-refractivity contribution in [1.29, 1.82) is 0 Å². The van der Waals surface area contributed by atoms with Crippen molar-refractivity contribution in [2.45, 2.75) is 25.7 Å². The number of aryl methyl sites for hydroxylation is 1. The summed E-state index contributed by atoms with van der Waals surface area (Å²) >= 11 is 6.29. The van der Waals surface area contributed by atoms with E-state index in [1.807, 2.05) is 13.9 Å². The number of nitrogens with one attached hydrogen (secondary N) is 3. The van der Waals surface area contributed by atoms with Crippen LogP contribution in [0.15, 0.2) is 30.6 Å². The van der Waals surface area contributed by atoms with Gasteiger partial charge < -0.3 is 9.88 Å². The Kier molecular flexibility index (Phi) is 8.26. The third-order valence-corrected chi connectivity index (χ3v) is 5.34. The zero-order valence-corrected chi connectivity index (χ0v) is 19.0. The van der Waals surface area contributed by atoms with Crippen molar-refractivity contribution in [3.05, 3.63) is 47.0 Å². The highest BCUT2D eigenvalue weighted by molar-refractivity contribution is 6.37. The summed E-state index contributed by atoms with van der Waals surface area (Å²) in [5.41, 5.74) is 5.81. The summed E-state index contributed by atoms with van der Waals surface area (Å²) in [7, 11) is 3.59. The number of unbranched alkanes of at least 4 members (excludes halogenated alkanes) is 2. The summed E-state index contributed by atoms with van der Waals surface area (Å²) in [5.74, 6) is -1.77. The molecule has 0 saturated heterocycles. The molecule has 2 aromatic carbocycles. The molecule has 174 valence electrons. The van der Waals surface area contributed by atoms with Crippen LogP contribution in [0, 0.1) is 5.82 Å². The highest BCUT2D eigenvalue weighted by Gasteiger charge is 2.22. The molecule has 3 rings (SSSR count). The average molecular weight is 476 g/mol. The van der Waals surface area contributed by atoms with Crippen LogP contribution >= 0.6 is 11.6 Å². The number of hydroxylamine groups is 2. The van der Waals surface area contributed by atoms with Gasteiger partial charge in [0.15, 0.2) is 5.82 Å². The Bertz CT molecular complexity index is 1170. The number of rotatable bonds is 10. The van der Waals surface area contributed by atoms with Gasteiger partial charge in [0.05, 0.1) is 40.4 Å². The molecule has 0 bridgehead atoms. The van der Waals surface area contributed by atoms with Crippen molar-refractivity contribution in [2.24, 2.45) is 7.05 Å². The van der Waals surface area contributed by atoms with E-state index in [-0.39, 0.29) is 29.8 Å². The SMILES string of the molecule is Bc1ccc(Nc2c(C(=O)NOCCCCCC(=O)NO)cc3c(ncn3C)c2F)c(Cl)c1. The number of halogens is 2. The van der Waals surface area contributed by atoms with Gasteiger partial charge in [-0.3, -0.25) is 19.6 Å². The lowest BCUT2D eigenvalue weighted by molar-refractivity contribution is -0.129. The number of hydrogen-bond donors (Lipinski definition) is 4. The third kappa shape index (κ3) is 6.01. The number of amides is 2. The van der Waals surface area contributed by atoms with Crippen molar-refractivity contribution in [3.8, 4) is 0 Å². The molecule has 0 atom stereocenters. The topological polar surface area (TPSA) is 118 Å². The summed E-state index contributed by atoms with van der Waals surface area (Å²) < 4.78 is 17.0. The molecule has 3 aromatic rings. The van der Waals surface area contributed by atoms with E-state index >= 15 is 4.39 Å². The van der Waals surface area contributed by atoms with Crippen LogP contribution in [0.5, 0.6) is 0 Å². The number of fused-ring (bicyclic) bond motifs is 1. The molecule has 33 heavy (non-hydrogen) atoms. The van der Waals surface area contributed by atoms with Gasteiger partial charge in [-0.25, -0.2) is 20.3 Å². The van der Waals surface area contributed by atoms with Crippen molar-refractivity contribution in [3.63, 3.8) is 0 Å². The van der Waals surface area contributed by atoms with Crippen LogP contribution in [0.2, 0.25) is 5.02 Å². The number of carbonyl (C=O) groups is 2. The minimum absolute atomic E-state index is 0.0276. The van der Waals surface area contributed by atoms with E-state index in [9.17, 15) is 9.59 Å². The first-order chi connectivity index (χ1) is 15.8. The van der Waals surface area contributed by atoms with E-state index in [1.54, 1.807) is 29.2 Å². The number of anilines is 2. The first kappa shape index (κ1) is 24.5. The maximum Gasteiger partial charge on any atom is 0.277 e. The largest absolute Gasteiger partial charge is 0.351 e. The van der Waals surface area contributed by atoms with Crippen LogP contribution in [0.1, 0.15) is 36.0 Å². The molecule has 1 heterocycles. The van der Waals surface area contributed by atoms with Crippen LogP contribution in [-0.2, 0) is 16.7 Å². The van der Waals surface area contributed by atoms with Gasteiger partial charge in [0.25, 0.3) is 5.91 Å². The molecule has 0 fully saturated rings. The Balaban J connectivity index is 1.75. The van der Waals surface area contributed by atoms with Crippen LogP contribution in [0.4, 0.5) is 15.8 Å². The molecule has 0 aliphatic heterocycles. The summed E-state index contributed by atoms with van der Waals surface area (Å²) in [4.78, 5) is 33.2. The molecule has 0 aliphatic rings. The lowest BCUT2D eigenvalue weighted by Crippen LogP contribution is -2.25. The number of imidazole rings is 1. The molecular weight excluding hydrogens is 452 g/mol. The van der Waals surface area contributed by atoms with Gasteiger partial charge in [-0.05, 0) is 31.0 Å². The van der Waals surface area contributed by atoms with Crippen molar-refractivity contribution in [1.82, 2.24) is 20.5 Å². The predicted octanol–water partition coefficient (Wildman–Crippen LogP) is 2.09. The van der Waals surface area contributed by atoms with Crippen LogP contribution < -0.4 is 21.7 Å². The highest BCUT2D eigenvalue weighted by atomic mass is 35.5. The lowest BCUT2D eigenvalue weighted by Gasteiger charge is -2.15. The summed E-state index contributed by atoms with van der Waals surface area (Å²) in [6, 6.07) is 6.78. The Morgan fingerprint density at radius 3 is 2.79 bits per heavy atom. The second kappa shape index (κ2) is 11.1. The zero-order valence-electron chi connectivity index (χ0n) is 18.2. The highest BCUT2D eigenvalue weighted by Crippen LogP contribution is 2.32. The van der Waals surface area contributed by atoms with Gasteiger partial charge in [0, 0.05) is 13.5 Å². The summed E-state index contributed by atoms with van der Waals surface area (Å²) in [6.07, 6.45) is 3.47. The molecule has 0 radical (unpaired) electrons. The van der Waals surface area contributed by atoms with Crippen LogP contribution in [0.25, 0.3) is 11.0 Å². The molecule has 0 aliphatic carbocycles. The molecule has 0 spiro atoms. The molecule has 0 unspecified atom stereocenters. The smallest absolute Gasteiger partial charge is 0.277 e. The maximum absolute atomic E-state index is 15.4. The first-order valence-electron chi connectivity index (χ1n) is 10.3. The van der Waals surface area contributed by atoms with E-state index in [1.165, 1.54) is 12.4 Å². The van der Waals surface area contributed by atoms with Gasteiger partial charge in [-0.1, -0.05) is 29.6 Å². The van der Waals surface area contributed by atoms with Gasteiger partial charge in [-0.15, -0.1) is 0 Å². The van der Waals surface area contributed by atoms with Gasteiger partial charge in [-0.2, -0.15) is 0 Å². The van der Waals surface area contributed by atoms with Crippen LogP contribution in [-0.4, -0.2) is 41.0 Å². The van der Waals surface area contributed by atoms with E-state index in [4.69, 9.17) is 21.6 Å². The van der Waals surface area contributed by atoms with Crippen molar-refractivity contribution >= 4 is 59.1 Å². The molecule has 2 amide bonds. The van der Waals surface area contributed by atoms with E-state index in [0.29, 0.717) is 35.5 Å². The van der Waals surface area contributed by atoms with Crippen molar-refractivity contribution in [2.75, 3.05) is 11.9 Å². The zero-order chi connectivity index (χ0) is 24.0. The molecule has 9 nitrogen and oxygen atoms in total. The summed E-state index contributed by atoms with van der Waals surface area (Å²) in [6.45, 7) is 0.204. The Labute approximate surface area is 195 Å². The number of hydrogen-bond acceptors (Lipinski definition) is 6. The second-order valence-electron chi connectivity index (χ2n) is 7.57. The van der Waals surface area contributed by atoms with Crippen LogP contribution in [0.3, 0.4) is 0 Å². The monoisotopic (exact) mass is 475 g/mol. The van der Waals surface area contributed by atoms with Gasteiger partial charge in [0.1, 0.15) is 13.4 Å². The predicted molar refractivity (Wildman–Crippen MR) is 125 cm³/mol. The first-order valence-corrected chi connectivity index (χ1v) is 10.7. The number of aromatic nitrogens is 2. The van der Waals surface area contributed by atoms with Gasteiger partial charge >= 0.3 is 0 Å². The minimum Gasteiger partial charge on any atom is -0.351 e. The van der Waals surface area contributed by atoms with Gasteiger partial charge in [0.2, 0.25) is 5.91 Å². The van der Waals surface area contributed by atoms with Crippen molar-refractivity contribution < 1.29 is 24.0 Å². The molecule has 0 saturated carbocycles. The fraction of sp³-hybridized carbons (Fsp3) is 0.286. The molecule has 4 N–H and O–H groups in total. The Hall–Kier alpha value is -3.15. The number of benzene rings is 2. The molecular formula is C21H24BClFN5O4. The third-order valence-electron chi connectivity index (χ3n) is 5.03. The normalized spacial score (nSPS) is 10.9. The minimum atomic E-state index is -0.683.